The smallest absolute Gasteiger partial charge is 0.261 e. The van der Waals surface area contributed by atoms with Gasteiger partial charge in [0.2, 0.25) is 6.54 Å². The third-order valence-electron chi connectivity index (χ3n) is 5.26. The third-order valence-corrected chi connectivity index (χ3v) is 5.26. The Kier molecular flexibility index (Phi) is 10.3. The number of hydrogen-bond donors (Lipinski definition) is 0. The van der Waals surface area contributed by atoms with Crippen molar-refractivity contribution in [2.75, 3.05) is 73.1 Å². The van der Waals surface area contributed by atoms with Crippen LogP contribution in [-0.2, 0) is 18.9 Å². The summed E-state index contributed by atoms with van der Waals surface area (Å²) < 4.78 is 27.0. The molecule has 0 fully saturated rings. The SMILES string of the molecule is [C-]#[N+]CCCOc1ccc2c3c(cccc13)C(=O)N(CCOCCOCCOCCOC)C2=O. The molecule has 0 saturated heterocycles. The second-order valence-electron chi connectivity index (χ2n) is 7.51. The van der Waals surface area contributed by atoms with Crippen molar-refractivity contribution in [2.45, 2.75) is 6.42 Å². The van der Waals surface area contributed by atoms with Gasteiger partial charge in [0.1, 0.15) is 5.75 Å². The summed E-state index contributed by atoms with van der Waals surface area (Å²) in [4.78, 5) is 30.7. The van der Waals surface area contributed by atoms with Crippen LogP contribution in [0.4, 0.5) is 0 Å². The molecule has 0 bridgehead atoms. The predicted molar refractivity (Wildman–Crippen MR) is 125 cm³/mol. The van der Waals surface area contributed by atoms with E-state index in [2.05, 4.69) is 4.85 Å². The van der Waals surface area contributed by atoms with E-state index < -0.39 is 0 Å². The van der Waals surface area contributed by atoms with Crippen LogP contribution in [0.5, 0.6) is 5.75 Å². The Morgan fingerprint density at radius 1 is 0.824 bits per heavy atom. The largest absolute Gasteiger partial charge is 0.493 e. The highest BCUT2D eigenvalue weighted by Gasteiger charge is 2.33. The molecular formula is C25H30N2O7. The van der Waals surface area contributed by atoms with Crippen LogP contribution < -0.4 is 4.74 Å². The molecule has 0 N–H and O–H groups in total. The van der Waals surface area contributed by atoms with Crippen molar-refractivity contribution in [3.63, 3.8) is 0 Å². The first-order valence-electron chi connectivity index (χ1n) is 11.3. The minimum absolute atomic E-state index is 0.155. The quantitative estimate of drug-likeness (QED) is 0.212. The predicted octanol–water partition coefficient (Wildman–Crippen LogP) is 2.82. The fraction of sp³-hybridized carbons (Fsp3) is 0.480. The Hall–Kier alpha value is -3.03. The maximum atomic E-state index is 13.1. The van der Waals surface area contributed by atoms with E-state index in [4.69, 9.17) is 30.3 Å². The molecule has 0 atom stereocenters. The lowest BCUT2D eigenvalue weighted by Gasteiger charge is -2.27. The second kappa shape index (κ2) is 13.6. The maximum absolute atomic E-state index is 13.1. The van der Waals surface area contributed by atoms with Gasteiger partial charge in [-0.15, -0.1) is 0 Å². The minimum Gasteiger partial charge on any atom is -0.493 e. The fourth-order valence-corrected chi connectivity index (χ4v) is 3.61. The van der Waals surface area contributed by atoms with Gasteiger partial charge >= 0.3 is 0 Å². The van der Waals surface area contributed by atoms with Crippen LogP contribution in [0.1, 0.15) is 27.1 Å². The first kappa shape index (κ1) is 25.6. The molecule has 1 heterocycles. The molecule has 2 aromatic rings. The molecule has 2 aromatic carbocycles. The third kappa shape index (κ3) is 6.52. The minimum atomic E-state index is -0.346. The van der Waals surface area contributed by atoms with Crippen LogP contribution >= 0.6 is 0 Å². The Morgan fingerprint density at radius 3 is 2.15 bits per heavy atom. The summed E-state index contributed by atoms with van der Waals surface area (Å²) in [5, 5.41) is 1.33. The van der Waals surface area contributed by atoms with Gasteiger partial charge in [-0.05, 0) is 18.2 Å². The average molecular weight is 471 g/mol. The maximum Gasteiger partial charge on any atom is 0.261 e. The van der Waals surface area contributed by atoms with Crippen LogP contribution in [0, 0.1) is 6.57 Å². The first-order chi connectivity index (χ1) is 16.7. The van der Waals surface area contributed by atoms with Gasteiger partial charge in [0.15, 0.2) is 0 Å². The monoisotopic (exact) mass is 470 g/mol. The van der Waals surface area contributed by atoms with Crippen molar-refractivity contribution < 1.29 is 33.3 Å². The van der Waals surface area contributed by atoms with Gasteiger partial charge in [0.05, 0.1) is 65.8 Å². The van der Waals surface area contributed by atoms with E-state index in [1.54, 1.807) is 31.4 Å². The van der Waals surface area contributed by atoms with E-state index in [0.29, 0.717) is 81.5 Å². The number of nitrogens with zero attached hydrogens (tertiary/aromatic N) is 2. The summed E-state index contributed by atoms with van der Waals surface area (Å²) in [7, 11) is 1.62. The van der Waals surface area contributed by atoms with Crippen molar-refractivity contribution >= 4 is 22.6 Å². The number of imide groups is 1. The average Bonchev–Trinajstić information content (AvgIpc) is 2.85. The molecule has 9 nitrogen and oxygen atoms in total. The molecule has 0 aromatic heterocycles. The van der Waals surface area contributed by atoms with Gasteiger partial charge in [-0.1, -0.05) is 12.1 Å². The molecule has 0 aliphatic carbocycles. The van der Waals surface area contributed by atoms with E-state index in [1.807, 2.05) is 6.07 Å². The zero-order chi connectivity index (χ0) is 24.2. The summed E-state index contributed by atoms with van der Waals surface area (Å²) >= 11 is 0. The molecule has 0 saturated carbocycles. The highest BCUT2D eigenvalue weighted by atomic mass is 16.6. The number of ether oxygens (including phenoxy) is 5. The molecule has 3 rings (SSSR count). The van der Waals surface area contributed by atoms with Gasteiger partial charge < -0.3 is 28.5 Å². The normalized spacial score (nSPS) is 12.9. The number of carbonyl (C=O) groups excluding carboxylic acids is 2. The zero-order valence-electron chi connectivity index (χ0n) is 19.4. The van der Waals surface area contributed by atoms with Crippen LogP contribution in [0.25, 0.3) is 15.6 Å². The second-order valence-corrected chi connectivity index (χ2v) is 7.51. The van der Waals surface area contributed by atoms with E-state index >= 15 is 0 Å². The van der Waals surface area contributed by atoms with E-state index in [-0.39, 0.29) is 25.0 Å². The van der Waals surface area contributed by atoms with Crippen LogP contribution in [0.2, 0.25) is 0 Å². The Bertz CT molecular complexity index is 996. The van der Waals surface area contributed by atoms with Gasteiger partial charge in [-0.25, -0.2) is 6.57 Å². The molecular weight excluding hydrogens is 440 g/mol. The van der Waals surface area contributed by atoms with Crippen molar-refractivity contribution in [3.8, 4) is 5.75 Å². The van der Waals surface area contributed by atoms with Gasteiger partial charge in [-0.3, -0.25) is 14.5 Å². The lowest BCUT2D eigenvalue weighted by molar-refractivity contribution is 0.00148. The molecule has 9 heteroatoms. The number of benzene rings is 2. The van der Waals surface area contributed by atoms with Crippen molar-refractivity contribution in [1.82, 2.24) is 4.90 Å². The molecule has 1 aliphatic heterocycles. The Labute approximate surface area is 199 Å². The van der Waals surface area contributed by atoms with E-state index in [9.17, 15) is 9.59 Å². The van der Waals surface area contributed by atoms with Crippen LogP contribution in [0.3, 0.4) is 0 Å². The Morgan fingerprint density at radius 2 is 1.47 bits per heavy atom. The highest BCUT2D eigenvalue weighted by molar-refractivity contribution is 6.26. The summed E-state index contributed by atoms with van der Waals surface area (Å²) in [6.07, 6.45) is 0.616. The first-order valence-corrected chi connectivity index (χ1v) is 11.3. The van der Waals surface area contributed by atoms with Crippen molar-refractivity contribution in [3.05, 3.63) is 52.9 Å². The molecule has 182 valence electrons. The lowest BCUT2D eigenvalue weighted by Crippen LogP contribution is -2.42. The molecule has 34 heavy (non-hydrogen) atoms. The fourth-order valence-electron chi connectivity index (χ4n) is 3.61. The van der Waals surface area contributed by atoms with Crippen molar-refractivity contribution in [1.29, 1.82) is 0 Å². The summed E-state index contributed by atoms with van der Waals surface area (Å²) in [5.74, 6) is -0.0883. The van der Waals surface area contributed by atoms with Crippen molar-refractivity contribution in [2.24, 2.45) is 0 Å². The van der Waals surface area contributed by atoms with Crippen LogP contribution in [-0.4, -0.2) is 89.8 Å². The topological polar surface area (TPSA) is 87.9 Å². The number of amides is 2. The lowest BCUT2D eigenvalue weighted by atomic mass is 9.93. The standard InChI is InChI=1S/C25H30N2O7/c1-26-9-4-11-34-22-8-7-21-23-19(22)5-3-6-20(23)24(28)27(25(21)29)10-12-31-15-16-33-18-17-32-14-13-30-2/h3,5-8H,4,9-18H2,2H3. The number of methoxy groups -OCH3 is 1. The highest BCUT2D eigenvalue weighted by Crippen LogP contribution is 2.35. The number of carbonyl (C=O) groups is 2. The summed E-state index contributed by atoms with van der Waals surface area (Å²) in [6, 6.07) is 8.79. The van der Waals surface area contributed by atoms with E-state index in [0.717, 1.165) is 5.39 Å². The van der Waals surface area contributed by atoms with E-state index in [1.165, 1.54) is 4.90 Å². The van der Waals surface area contributed by atoms with Gasteiger partial charge in [0.25, 0.3) is 11.8 Å². The summed E-state index contributed by atoms with van der Waals surface area (Å²) in [6.45, 7) is 10.8. The molecule has 1 aliphatic rings. The molecule has 0 unspecified atom stereocenters. The molecule has 0 spiro atoms. The number of hydrogen-bond acceptors (Lipinski definition) is 7. The molecule has 0 radical (unpaired) electrons. The van der Waals surface area contributed by atoms with Gasteiger partial charge in [-0.2, -0.15) is 0 Å². The van der Waals surface area contributed by atoms with Crippen LogP contribution in [0.15, 0.2) is 30.3 Å². The molecule has 2 amide bonds. The van der Waals surface area contributed by atoms with Gasteiger partial charge in [0, 0.05) is 29.0 Å². The number of rotatable bonds is 16. The Balaban J connectivity index is 1.51. The summed E-state index contributed by atoms with van der Waals surface area (Å²) in [5.41, 5.74) is 0.936. The zero-order valence-corrected chi connectivity index (χ0v) is 19.4.